The molecule has 0 spiro atoms. The maximum absolute atomic E-state index is 13.1. The lowest BCUT2D eigenvalue weighted by molar-refractivity contribution is -0.227. The molecule has 0 radical (unpaired) electrons. The number of fused-ring (bicyclic) bond motifs is 1. The molecular formula is C24H28O7. The second kappa shape index (κ2) is 5.26. The first kappa shape index (κ1) is 19.6. The van der Waals surface area contributed by atoms with Crippen LogP contribution >= 0.6 is 0 Å². The second-order valence-electron chi connectivity index (χ2n) is 10.9. The SMILES string of the molecule is C[C@@H]1O[C@@H]2OC(=O)[C@]3(C)C[C@H]4[C@H](C)C5=CC(=O)OC(C)(C)C5=C[C@@H]5OC1=C([C@@]54C)[C@]23O. The zero-order valence-electron chi connectivity index (χ0n) is 18.6. The first-order valence-corrected chi connectivity index (χ1v) is 11.0. The topological polar surface area (TPSA) is 91.3 Å². The van der Waals surface area contributed by atoms with Gasteiger partial charge < -0.3 is 24.1 Å². The molecule has 1 saturated carbocycles. The van der Waals surface area contributed by atoms with Crippen molar-refractivity contribution in [1.82, 2.24) is 0 Å². The summed E-state index contributed by atoms with van der Waals surface area (Å²) < 4.78 is 23.7. The van der Waals surface area contributed by atoms with E-state index in [0.717, 1.165) is 16.7 Å². The fourth-order valence-electron chi connectivity index (χ4n) is 7.24. The second-order valence-corrected chi connectivity index (χ2v) is 10.9. The Morgan fingerprint density at radius 3 is 2.52 bits per heavy atom. The van der Waals surface area contributed by atoms with Gasteiger partial charge in [-0.2, -0.15) is 0 Å². The van der Waals surface area contributed by atoms with E-state index in [1.165, 1.54) is 0 Å². The van der Waals surface area contributed by atoms with E-state index in [-0.39, 0.29) is 23.9 Å². The molecular weight excluding hydrogens is 400 g/mol. The van der Waals surface area contributed by atoms with Crippen LogP contribution in [0, 0.1) is 22.7 Å². The fraction of sp³-hybridized carbons (Fsp3) is 0.667. The number of rotatable bonds is 0. The maximum Gasteiger partial charge on any atom is 0.331 e. The predicted molar refractivity (Wildman–Crippen MR) is 107 cm³/mol. The normalized spacial score (nSPS) is 51.0. The molecule has 0 unspecified atom stereocenters. The molecule has 2 aliphatic carbocycles. The van der Waals surface area contributed by atoms with Gasteiger partial charge in [0.2, 0.25) is 6.29 Å². The number of carbonyl (C=O) groups excluding carboxylic acids is 2. The van der Waals surface area contributed by atoms with E-state index in [0.29, 0.717) is 12.2 Å². The quantitative estimate of drug-likeness (QED) is 0.593. The number of cyclic esters (lactones) is 1. The van der Waals surface area contributed by atoms with E-state index < -0.39 is 40.4 Å². The number of carbonyl (C=O) groups is 2. The molecule has 1 N–H and O–H groups in total. The van der Waals surface area contributed by atoms with E-state index in [9.17, 15) is 14.7 Å². The molecule has 2 fully saturated rings. The number of aliphatic hydroxyl groups is 1. The van der Waals surface area contributed by atoms with Crippen LogP contribution in [0.2, 0.25) is 0 Å². The highest BCUT2D eigenvalue weighted by atomic mass is 16.7. The lowest BCUT2D eigenvalue weighted by atomic mass is 9.47. The van der Waals surface area contributed by atoms with Crippen LogP contribution in [0.15, 0.2) is 34.6 Å². The molecule has 6 aliphatic rings. The Labute approximate surface area is 181 Å². The monoisotopic (exact) mass is 428 g/mol. The van der Waals surface area contributed by atoms with Gasteiger partial charge in [0.1, 0.15) is 29.0 Å². The highest BCUT2D eigenvalue weighted by Gasteiger charge is 2.79. The lowest BCUT2D eigenvalue weighted by Crippen LogP contribution is -2.65. The van der Waals surface area contributed by atoms with Crippen LogP contribution in [0.25, 0.3) is 0 Å². The molecule has 0 aromatic rings. The average molecular weight is 428 g/mol. The van der Waals surface area contributed by atoms with Crippen LogP contribution in [0.3, 0.4) is 0 Å². The van der Waals surface area contributed by atoms with Crippen LogP contribution in [0.5, 0.6) is 0 Å². The molecule has 0 aromatic carbocycles. The van der Waals surface area contributed by atoms with E-state index in [1.807, 2.05) is 20.8 Å². The molecule has 31 heavy (non-hydrogen) atoms. The van der Waals surface area contributed by atoms with Gasteiger partial charge in [0.25, 0.3) is 0 Å². The van der Waals surface area contributed by atoms with Crippen LogP contribution in [-0.4, -0.2) is 46.7 Å². The van der Waals surface area contributed by atoms with Gasteiger partial charge in [-0.15, -0.1) is 0 Å². The third kappa shape index (κ3) is 1.91. The average Bonchev–Trinajstić information content (AvgIpc) is 3.03. The summed E-state index contributed by atoms with van der Waals surface area (Å²) in [5.74, 6) is -0.333. The van der Waals surface area contributed by atoms with Crippen molar-refractivity contribution in [3.8, 4) is 0 Å². The Morgan fingerprint density at radius 1 is 1.10 bits per heavy atom. The summed E-state index contributed by atoms with van der Waals surface area (Å²) in [7, 11) is 0. The molecule has 7 nitrogen and oxygen atoms in total. The molecule has 4 aliphatic heterocycles. The van der Waals surface area contributed by atoms with Crippen LogP contribution in [0.1, 0.15) is 48.0 Å². The summed E-state index contributed by atoms with van der Waals surface area (Å²) in [4.78, 5) is 25.5. The van der Waals surface area contributed by atoms with Crippen LogP contribution in [0.4, 0.5) is 0 Å². The summed E-state index contributed by atoms with van der Waals surface area (Å²) >= 11 is 0. The molecule has 7 heteroatoms. The number of hydrogen-bond acceptors (Lipinski definition) is 7. The molecule has 4 heterocycles. The standard InChI is InChI=1S/C24H28O7/c1-10-12-7-16(25)31-21(3,4)13(12)8-15-23(6)14(10)9-22(5)19(26)30-20-24(22,27)18(23)17(29-15)11(2)28-20/h7-8,10-11,14-15,20,27H,9H2,1-6H3/t10-,11+,14+,15+,20-,22+,23-,24+/m1/s1. The molecule has 0 bridgehead atoms. The van der Waals surface area contributed by atoms with Crippen molar-refractivity contribution in [2.75, 3.05) is 0 Å². The minimum atomic E-state index is -1.59. The van der Waals surface area contributed by atoms with Crippen molar-refractivity contribution < 1.29 is 33.6 Å². The summed E-state index contributed by atoms with van der Waals surface area (Å²) in [6.45, 7) is 11.6. The number of esters is 2. The minimum absolute atomic E-state index is 0.0600. The van der Waals surface area contributed by atoms with Crippen molar-refractivity contribution in [1.29, 1.82) is 0 Å². The maximum atomic E-state index is 13.1. The Morgan fingerprint density at radius 2 is 1.81 bits per heavy atom. The van der Waals surface area contributed by atoms with E-state index in [2.05, 4.69) is 19.9 Å². The van der Waals surface area contributed by atoms with Gasteiger partial charge in [0.05, 0.1) is 0 Å². The summed E-state index contributed by atoms with van der Waals surface area (Å²) in [5.41, 5.74) is -1.56. The number of hydrogen-bond donors (Lipinski definition) is 1. The lowest BCUT2D eigenvalue weighted by Gasteiger charge is -2.56. The third-order valence-electron chi connectivity index (χ3n) is 8.95. The van der Waals surface area contributed by atoms with Gasteiger partial charge in [-0.05, 0) is 63.2 Å². The largest absolute Gasteiger partial charge is 0.487 e. The van der Waals surface area contributed by atoms with Gasteiger partial charge in [-0.3, -0.25) is 4.79 Å². The molecule has 8 atom stereocenters. The Balaban J connectivity index is 1.65. The van der Waals surface area contributed by atoms with Crippen molar-refractivity contribution in [3.05, 3.63) is 34.6 Å². The van der Waals surface area contributed by atoms with Crippen LogP contribution < -0.4 is 0 Å². The highest BCUT2D eigenvalue weighted by Crippen LogP contribution is 2.71. The fourth-order valence-corrected chi connectivity index (χ4v) is 7.24. The Kier molecular flexibility index (Phi) is 3.32. The van der Waals surface area contributed by atoms with Crippen LogP contribution in [-0.2, 0) is 28.5 Å². The van der Waals surface area contributed by atoms with Gasteiger partial charge in [0.15, 0.2) is 5.60 Å². The Bertz CT molecular complexity index is 1050. The summed E-state index contributed by atoms with van der Waals surface area (Å²) in [5, 5.41) is 12.1. The van der Waals surface area contributed by atoms with Crippen molar-refractivity contribution in [2.45, 2.75) is 77.7 Å². The van der Waals surface area contributed by atoms with E-state index in [4.69, 9.17) is 18.9 Å². The van der Waals surface area contributed by atoms with Gasteiger partial charge in [-0.1, -0.05) is 13.8 Å². The summed E-state index contributed by atoms with van der Waals surface area (Å²) in [6, 6.07) is 0. The zero-order chi connectivity index (χ0) is 22.3. The third-order valence-corrected chi connectivity index (χ3v) is 8.95. The molecule has 166 valence electrons. The Hall–Kier alpha value is -2.12. The smallest absolute Gasteiger partial charge is 0.331 e. The molecule has 0 aromatic heterocycles. The van der Waals surface area contributed by atoms with E-state index >= 15 is 0 Å². The molecule has 6 rings (SSSR count). The molecule has 1 saturated heterocycles. The number of ether oxygens (including phenoxy) is 4. The van der Waals surface area contributed by atoms with Gasteiger partial charge in [-0.25, -0.2) is 4.79 Å². The van der Waals surface area contributed by atoms with Crippen molar-refractivity contribution >= 4 is 11.9 Å². The van der Waals surface area contributed by atoms with E-state index in [1.54, 1.807) is 13.0 Å². The molecule has 0 amide bonds. The zero-order valence-corrected chi connectivity index (χ0v) is 18.6. The van der Waals surface area contributed by atoms with Crippen molar-refractivity contribution in [3.63, 3.8) is 0 Å². The first-order valence-electron chi connectivity index (χ1n) is 11.0. The summed E-state index contributed by atoms with van der Waals surface area (Å²) in [6.07, 6.45) is 2.16. The van der Waals surface area contributed by atoms with Gasteiger partial charge in [0, 0.05) is 17.1 Å². The minimum Gasteiger partial charge on any atom is -0.487 e. The van der Waals surface area contributed by atoms with Crippen molar-refractivity contribution in [2.24, 2.45) is 22.7 Å². The highest BCUT2D eigenvalue weighted by molar-refractivity contribution is 5.87. The predicted octanol–water partition coefficient (Wildman–Crippen LogP) is 2.54. The first-order chi connectivity index (χ1) is 14.4. The van der Waals surface area contributed by atoms with Gasteiger partial charge >= 0.3 is 11.9 Å².